The van der Waals surface area contributed by atoms with E-state index in [0.29, 0.717) is 0 Å². The summed E-state index contributed by atoms with van der Waals surface area (Å²) < 4.78 is 0. The van der Waals surface area contributed by atoms with E-state index >= 15 is 0 Å². The van der Waals surface area contributed by atoms with Crippen molar-refractivity contribution in [3.05, 3.63) is 0 Å². The second-order valence-corrected chi connectivity index (χ2v) is 10.1. The topological polar surface area (TPSA) is 554 Å². The van der Waals surface area contributed by atoms with Crippen LogP contribution in [0.15, 0.2) is 0 Å². The van der Waals surface area contributed by atoms with Crippen LogP contribution < -0.4 is 0 Å². The molecule has 0 aliphatic carbocycles. The number of aliphatic hydroxyl groups is 20. The second kappa shape index (κ2) is 33.3. The van der Waals surface area contributed by atoms with E-state index in [1.807, 2.05) is 0 Å². The molecule has 30 heteroatoms. The Kier molecular flexibility index (Phi) is 39.5. The molecule has 28 nitrogen and oxygen atoms in total. The normalized spacial score (nSPS) is 19.6. The van der Waals surface area contributed by atoms with Crippen LogP contribution in [0.1, 0.15) is 0 Å². The van der Waals surface area contributed by atoms with Gasteiger partial charge in [0.25, 0.3) is 0 Å². The van der Waals surface area contributed by atoms with Crippen molar-refractivity contribution in [2.24, 2.45) is 0 Å². The number of carboxylic acids is 4. The van der Waals surface area contributed by atoms with Gasteiger partial charge in [-0.05, 0) is 0 Å². The molecule has 0 spiro atoms. The summed E-state index contributed by atoms with van der Waals surface area (Å²) in [4.78, 5) is 40.4. The van der Waals surface area contributed by atoms with Crippen LogP contribution in [0, 0.1) is 0 Å². The standard InChI is InChI=1S/4C6H12O7.2Fe/c4*7-1-2(8)3(9)4(10)5(11)6(12)13;;/h4*2-5,7-11H,1H2,(H,12,13);;/t4*2-,3-,4+,5-;;/m1111../s1. The monoisotopic (exact) mass is 896 g/mol. The fourth-order valence-corrected chi connectivity index (χ4v) is 2.67. The molecule has 0 bridgehead atoms. The van der Waals surface area contributed by atoms with Crippen molar-refractivity contribution in [2.45, 2.75) is 97.7 Å². The van der Waals surface area contributed by atoms with Gasteiger partial charge in [-0.1, -0.05) is 0 Å². The third-order valence-electron chi connectivity index (χ3n) is 6.03. The van der Waals surface area contributed by atoms with Gasteiger partial charge in [0.05, 0.1) is 26.4 Å². The molecule has 0 aliphatic heterocycles. The van der Waals surface area contributed by atoms with Crippen LogP contribution in [0.4, 0.5) is 0 Å². The van der Waals surface area contributed by atoms with Gasteiger partial charge in [-0.25, -0.2) is 19.2 Å². The zero-order valence-electron chi connectivity index (χ0n) is 27.1. The Morgan fingerprint density at radius 1 is 0.278 bits per heavy atom. The van der Waals surface area contributed by atoms with Crippen molar-refractivity contribution in [1.82, 2.24) is 0 Å². The molecule has 0 heterocycles. The molecule has 54 heavy (non-hydrogen) atoms. The van der Waals surface area contributed by atoms with E-state index in [4.69, 9.17) is 123 Å². The Bertz CT molecular complexity index is 846. The van der Waals surface area contributed by atoms with Crippen molar-refractivity contribution in [3.63, 3.8) is 0 Å². The van der Waals surface area contributed by atoms with Crippen molar-refractivity contribution in [2.75, 3.05) is 26.4 Å². The average Bonchev–Trinajstić information content (AvgIpc) is 3.12. The van der Waals surface area contributed by atoms with Crippen LogP contribution in [-0.2, 0) is 53.3 Å². The van der Waals surface area contributed by atoms with Crippen molar-refractivity contribution in [1.29, 1.82) is 0 Å². The van der Waals surface area contributed by atoms with Crippen LogP contribution >= 0.6 is 0 Å². The molecule has 0 saturated heterocycles. The van der Waals surface area contributed by atoms with E-state index in [1.54, 1.807) is 0 Å². The van der Waals surface area contributed by atoms with E-state index < -0.39 is 148 Å². The average molecular weight is 896 g/mol. The number of hydrogen-bond donors (Lipinski definition) is 24. The zero-order valence-corrected chi connectivity index (χ0v) is 29.3. The molecule has 0 saturated carbocycles. The number of carbonyl (C=O) groups is 4. The number of rotatable bonds is 20. The minimum absolute atomic E-state index is 0. The van der Waals surface area contributed by atoms with Gasteiger partial charge < -0.3 is 123 Å². The summed E-state index contributed by atoms with van der Waals surface area (Å²) >= 11 is 0. The summed E-state index contributed by atoms with van der Waals surface area (Å²) in [5, 5.41) is 207. The van der Waals surface area contributed by atoms with E-state index in [1.165, 1.54) is 0 Å². The Morgan fingerprint density at radius 3 is 0.463 bits per heavy atom. The molecule has 0 aromatic carbocycles. The Labute approximate surface area is 323 Å². The first kappa shape index (κ1) is 64.0. The molecule has 0 aromatic rings. The van der Waals surface area contributed by atoms with E-state index in [0.717, 1.165) is 0 Å². The molecule has 0 amide bonds. The molecule has 0 unspecified atom stereocenters. The first-order valence-electron chi connectivity index (χ1n) is 13.9. The molecular formula is C24H48Fe2O28. The van der Waals surface area contributed by atoms with Gasteiger partial charge in [0.1, 0.15) is 73.2 Å². The maximum Gasteiger partial charge on any atom is 0.335 e. The van der Waals surface area contributed by atoms with Gasteiger partial charge in [0, 0.05) is 34.1 Å². The maximum absolute atomic E-state index is 10.1. The van der Waals surface area contributed by atoms with Gasteiger partial charge in [-0.15, -0.1) is 0 Å². The van der Waals surface area contributed by atoms with Crippen molar-refractivity contribution >= 4 is 23.9 Å². The first-order chi connectivity index (χ1) is 23.7. The van der Waals surface area contributed by atoms with E-state index in [9.17, 15) is 19.2 Å². The summed E-state index contributed by atoms with van der Waals surface area (Å²) in [5.41, 5.74) is 0. The summed E-state index contributed by atoms with van der Waals surface area (Å²) in [6.45, 7) is -3.37. The van der Waals surface area contributed by atoms with Crippen LogP contribution in [0.3, 0.4) is 0 Å². The SMILES string of the molecule is O=C(O)[C@H](O)[C@@H](O)[C@H](O)[C@H](O)CO.O=C(O)[C@H](O)[C@@H](O)[C@H](O)[C@H](O)CO.O=C(O)[C@H](O)[C@@H](O)[C@H](O)[C@H](O)CO.O=C(O)[C@H](O)[C@@H](O)[C@H](O)[C@H](O)CO.[Fe].[Fe]. The van der Waals surface area contributed by atoms with Crippen LogP contribution in [-0.4, -0.2) is 271 Å². The molecule has 0 aromatic heterocycles. The van der Waals surface area contributed by atoms with Crippen LogP contribution in [0.5, 0.6) is 0 Å². The Balaban J connectivity index is -0.000000140. The van der Waals surface area contributed by atoms with Crippen molar-refractivity contribution < 1.29 is 176 Å². The first-order valence-corrected chi connectivity index (χ1v) is 13.9. The molecule has 24 N–H and O–H groups in total. The van der Waals surface area contributed by atoms with E-state index in [-0.39, 0.29) is 34.1 Å². The van der Waals surface area contributed by atoms with E-state index in [2.05, 4.69) is 0 Å². The van der Waals surface area contributed by atoms with Crippen LogP contribution in [0.2, 0.25) is 0 Å². The molecular weight excluding hydrogens is 848 g/mol. The van der Waals surface area contributed by atoms with Crippen LogP contribution in [0.25, 0.3) is 0 Å². The van der Waals surface area contributed by atoms with Gasteiger partial charge in [-0.3, -0.25) is 0 Å². The number of aliphatic carboxylic acids is 4. The third kappa shape index (κ3) is 24.6. The summed E-state index contributed by atoms with van der Waals surface area (Å²) in [5.74, 6) is -6.90. The fraction of sp³-hybridized carbons (Fsp3) is 0.833. The molecule has 16 atom stereocenters. The van der Waals surface area contributed by atoms with Gasteiger partial charge in [0.15, 0.2) is 24.4 Å². The number of hydrogen-bond acceptors (Lipinski definition) is 24. The molecule has 0 radical (unpaired) electrons. The summed E-state index contributed by atoms with van der Waals surface area (Å²) in [6.07, 6.45) is -31.3. The molecule has 0 aliphatic rings. The minimum Gasteiger partial charge on any atom is -0.479 e. The number of aliphatic hydroxyl groups excluding tert-OH is 20. The molecule has 328 valence electrons. The quantitative estimate of drug-likeness (QED) is 0.0505. The fourth-order valence-electron chi connectivity index (χ4n) is 2.67. The van der Waals surface area contributed by atoms with Gasteiger partial charge in [-0.2, -0.15) is 0 Å². The predicted molar refractivity (Wildman–Crippen MR) is 155 cm³/mol. The smallest absolute Gasteiger partial charge is 0.335 e. The number of carboxylic acid groups (broad SMARTS) is 4. The summed E-state index contributed by atoms with van der Waals surface area (Å²) in [6, 6.07) is 0. The van der Waals surface area contributed by atoms with Gasteiger partial charge in [0.2, 0.25) is 0 Å². The van der Waals surface area contributed by atoms with Crippen molar-refractivity contribution in [3.8, 4) is 0 Å². The minimum atomic E-state index is -2.20. The second-order valence-electron chi connectivity index (χ2n) is 10.1. The third-order valence-corrected chi connectivity index (χ3v) is 6.03. The Hall–Kier alpha value is -1.88. The Morgan fingerprint density at radius 2 is 0.389 bits per heavy atom. The summed E-state index contributed by atoms with van der Waals surface area (Å²) in [7, 11) is 0. The molecule has 0 rings (SSSR count). The van der Waals surface area contributed by atoms with Gasteiger partial charge >= 0.3 is 23.9 Å². The largest absolute Gasteiger partial charge is 0.479 e. The maximum atomic E-state index is 10.1. The predicted octanol–water partition coefficient (Wildman–Crippen LogP) is -14.0. The zero-order chi connectivity index (χ0) is 42.4. The molecule has 0 fully saturated rings.